The van der Waals surface area contributed by atoms with Gasteiger partial charge in [-0.25, -0.2) is 0 Å². The average Bonchev–Trinajstić information content (AvgIpc) is 2.99. The molecule has 1 aliphatic rings. The third-order valence-corrected chi connectivity index (χ3v) is 4.74. The molecule has 2 heteroatoms. The fraction of sp³-hybridized carbons (Fsp3) is 0.136. The van der Waals surface area contributed by atoms with Crippen LogP contribution in [0.2, 0.25) is 0 Å². The second-order valence-corrected chi connectivity index (χ2v) is 6.26. The van der Waals surface area contributed by atoms with Gasteiger partial charge in [-0.2, -0.15) is 0 Å². The highest BCUT2D eigenvalue weighted by atomic mass is 16.4. The molecule has 0 heterocycles. The van der Waals surface area contributed by atoms with Crippen LogP contribution in [0.1, 0.15) is 23.1 Å². The van der Waals surface area contributed by atoms with Gasteiger partial charge in [-0.3, -0.25) is 4.79 Å². The molecule has 1 N–H and O–H groups in total. The lowest BCUT2D eigenvalue weighted by molar-refractivity contribution is -0.136. The summed E-state index contributed by atoms with van der Waals surface area (Å²) in [6.45, 7) is 0. The number of hydrogen-bond donors (Lipinski definition) is 1. The zero-order valence-corrected chi connectivity index (χ0v) is 13.3. The lowest BCUT2D eigenvalue weighted by Gasteiger charge is -2.10. The average molecular weight is 314 g/mol. The summed E-state index contributed by atoms with van der Waals surface area (Å²) >= 11 is 0. The molecule has 24 heavy (non-hydrogen) atoms. The molecule has 2 nitrogen and oxygen atoms in total. The molecule has 0 fully saturated rings. The Balaban J connectivity index is 1.68. The summed E-state index contributed by atoms with van der Waals surface area (Å²) < 4.78 is 0. The molecule has 0 aliphatic heterocycles. The van der Waals surface area contributed by atoms with Crippen LogP contribution in [-0.4, -0.2) is 11.1 Å². The molecule has 4 rings (SSSR count). The van der Waals surface area contributed by atoms with Crippen molar-refractivity contribution in [1.82, 2.24) is 0 Å². The molecule has 0 bridgehead atoms. The summed E-state index contributed by atoms with van der Waals surface area (Å²) in [5, 5.41) is 8.80. The highest BCUT2D eigenvalue weighted by Crippen LogP contribution is 2.41. The third kappa shape index (κ3) is 2.61. The van der Waals surface area contributed by atoms with Gasteiger partial charge in [-0.1, -0.05) is 66.7 Å². The van der Waals surface area contributed by atoms with Gasteiger partial charge < -0.3 is 5.11 Å². The van der Waals surface area contributed by atoms with E-state index in [1.165, 1.54) is 33.4 Å². The van der Waals surface area contributed by atoms with E-state index in [4.69, 9.17) is 5.11 Å². The summed E-state index contributed by atoms with van der Waals surface area (Å²) in [5.74, 6) is -0.752. The van der Waals surface area contributed by atoms with E-state index in [1.807, 2.05) is 12.1 Å². The van der Waals surface area contributed by atoms with Gasteiger partial charge in [0.1, 0.15) is 0 Å². The maximum absolute atomic E-state index is 10.7. The Labute approximate surface area is 141 Å². The largest absolute Gasteiger partial charge is 0.481 e. The zero-order chi connectivity index (χ0) is 16.5. The van der Waals surface area contributed by atoms with Gasteiger partial charge in [0, 0.05) is 6.42 Å². The predicted molar refractivity (Wildman–Crippen MR) is 96.1 cm³/mol. The van der Waals surface area contributed by atoms with Crippen molar-refractivity contribution in [3.63, 3.8) is 0 Å². The molecule has 0 saturated carbocycles. The summed E-state index contributed by atoms with van der Waals surface area (Å²) in [4.78, 5) is 10.7. The number of aryl methyl sites for hydroxylation is 1. The van der Waals surface area contributed by atoms with Crippen molar-refractivity contribution < 1.29 is 9.90 Å². The number of carbonyl (C=O) groups is 1. The number of carboxylic acids is 1. The monoisotopic (exact) mass is 314 g/mol. The predicted octanol–water partition coefficient (Wildman–Crippen LogP) is 4.94. The number of hydrogen-bond acceptors (Lipinski definition) is 1. The lowest BCUT2D eigenvalue weighted by atomic mass is 9.95. The lowest BCUT2D eigenvalue weighted by Crippen LogP contribution is -1.97. The van der Waals surface area contributed by atoms with Crippen LogP contribution in [-0.2, 0) is 17.6 Å². The number of aliphatic carboxylic acids is 1. The molecule has 0 radical (unpaired) electrons. The van der Waals surface area contributed by atoms with Gasteiger partial charge in [0.2, 0.25) is 0 Å². The maximum atomic E-state index is 10.7. The first-order valence-electron chi connectivity index (χ1n) is 8.23. The van der Waals surface area contributed by atoms with Crippen LogP contribution in [0.5, 0.6) is 0 Å². The SMILES string of the molecule is O=C(O)CCc1ccc(-c2cccc3c2Cc2ccccc2-3)cc1. The second kappa shape index (κ2) is 5.97. The van der Waals surface area contributed by atoms with Crippen molar-refractivity contribution in [3.05, 3.63) is 83.4 Å². The van der Waals surface area contributed by atoms with Crippen molar-refractivity contribution in [1.29, 1.82) is 0 Å². The number of carboxylic acid groups (broad SMARTS) is 1. The fourth-order valence-corrected chi connectivity index (χ4v) is 3.53. The van der Waals surface area contributed by atoms with Crippen molar-refractivity contribution in [2.45, 2.75) is 19.3 Å². The molecule has 118 valence electrons. The fourth-order valence-electron chi connectivity index (χ4n) is 3.53. The Hall–Kier alpha value is -2.87. The van der Waals surface area contributed by atoms with E-state index < -0.39 is 5.97 Å². The Bertz CT molecular complexity index is 908. The van der Waals surface area contributed by atoms with Crippen LogP contribution < -0.4 is 0 Å². The second-order valence-electron chi connectivity index (χ2n) is 6.26. The van der Waals surface area contributed by atoms with E-state index in [1.54, 1.807) is 0 Å². The molecule has 0 aromatic heterocycles. The van der Waals surface area contributed by atoms with Gasteiger partial charge >= 0.3 is 5.97 Å². The van der Waals surface area contributed by atoms with Crippen LogP contribution in [0.3, 0.4) is 0 Å². The highest BCUT2D eigenvalue weighted by molar-refractivity contribution is 5.84. The maximum Gasteiger partial charge on any atom is 0.303 e. The number of benzene rings is 3. The standard InChI is InChI=1S/C22H18O2/c23-22(24)13-10-15-8-11-16(12-9-15)18-6-3-7-20-19-5-2-1-4-17(19)14-21(18)20/h1-9,11-12H,10,13-14H2,(H,23,24). The quantitative estimate of drug-likeness (QED) is 0.579. The molecule has 3 aromatic carbocycles. The van der Waals surface area contributed by atoms with E-state index in [2.05, 4.69) is 54.6 Å². The molecule has 3 aromatic rings. The van der Waals surface area contributed by atoms with Crippen molar-refractivity contribution in [2.75, 3.05) is 0 Å². The Morgan fingerprint density at radius 3 is 2.33 bits per heavy atom. The highest BCUT2D eigenvalue weighted by Gasteiger charge is 2.20. The molecule has 0 atom stereocenters. The van der Waals surface area contributed by atoms with Gasteiger partial charge in [-0.05, 0) is 51.8 Å². The number of rotatable bonds is 4. The first-order valence-corrected chi connectivity index (χ1v) is 8.23. The van der Waals surface area contributed by atoms with Gasteiger partial charge in [0.05, 0.1) is 0 Å². The van der Waals surface area contributed by atoms with Crippen molar-refractivity contribution in [2.24, 2.45) is 0 Å². The van der Waals surface area contributed by atoms with E-state index in [-0.39, 0.29) is 6.42 Å². The number of fused-ring (bicyclic) bond motifs is 3. The van der Waals surface area contributed by atoms with E-state index >= 15 is 0 Å². The Morgan fingerprint density at radius 1 is 0.833 bits per heavy atom. The van der Waals surface area contributed by atoms with Crippen LogP contribution in [0, 0.1) is 0 Å². The zero-order valence-electron chi connectivity index (χ0n) is 13.3. The van der Waals surface area contributed by atoms with Crippen LogP contribution in [0.15, 0.2) is 66.7 Å². The van der Waals surface area contributed by atoms with Crippen LogP contribution in [0.25, 0.3) is 22.3 Å². The van der Waals surface area contributed by atoms with E-state index in [0.717, 1.165) is 12.0 Å². The summed E-state index contributed by atoms with van der Waals surface area (Å²) in [7, 11) is 0. The molecule has 1 aliphatic carbocycles. The van der Waals surface area contributed by atoms with Crippen molar-refractivity contribution >= 4 is 5.97 Å². The summed E-state index contributed by atoms with van der Waals surface area (Å²) in [5.41, 5.74) is 8.98. The molecular weight excluding hydrogens is 296 g/mol. The molecular formula is C22H18O2. The summed E-state index contributed by atoms with van der Waals surface area (Å²) in [6, 6.07) is 23.4. The smallest absolute Gasteiger partial charge is 0.303 e. The third-order valence-electron chi connectivity index (χ3n) is 4.74. The normalized spacial score (nSPS) is 11.8. The van der Waals surface area contributed by atoms with E-state index in [0.29, 0.717) is 6.42 Å². The van der Waals surface area contributed by atoms with Gasteiger partial charge in [0.25, 0.3) is 0 Å². The van der Waals surface area contributed by atoms with E-state index in [9.17, 15) is 4.79 Å². The summed E-state index contributed by atoms with van der Waals surface area (Å²) in [6.07, 6.45) is 1.73. The van der Waals surface area contributed by atoms with Crippen molar-refractivity contribution in [3.8, 4) is 22.3 Å². The van der Waals surface area contributed by atoms with Gasteiger partial charge in [-0.15, -0.1) is 0 Å². The molecule has 0 unspecified atom stereocenters. The Morgan fingerprint density at radius 2 is 1.54 bits per heavy atom. The molecule has 0 saturated heterocycles. The first-order chi connectivity index (χ1) is 11.7. The Kier molecular flexibility index (Phi) is 3.66. The van der Waals surface area contributed by atoms with Gasteiger partial charge in [0.15, 0.2) is 0 Å². The van der Waals surface area contributed by atoms with Crippen LogP contribution >= 0.6 is 0 Å². The molecule has 0 spiro atoms. The van der Waals surface area contributed by atoms with Crippen LogP contribution in [0.4, 0.5) is 0 Å². The minimum atomic E-state index is -0.752. The first kappa shape index (κ1) is 14.7. The topological polar surface area (TPSA) is 37.3 Å². The minimum Gasteiger partial charge on any atom is -0.481 e. The molecule has 0 amide bonds. The minimum absolute atomic E-state index is 0.176.